The lowest BCUT2D eigenvalue weighted by atomic mass is 9.83. The first-order chi connectivity index (χ1) is 14.5. The number of carbonyl (C=O) groups is 2. The molecular weight excluding hydrogens is 384 g/mol. The molecule has 0 radical (unpaired) electrons. The van der Waals surface area contributed by atoms with Crippen molar-refractivity contribution in [2.45, 2.75) is 18.8 Å². The molecule has 1 aromatic heterocycles. The molecule has 8 nitrogen and oxygen atoms in total. The van der Waals surface area contributed by atoms with Gasteiger partial charge in [0.15, 0.2) is 0 Å². The first kappa shape index (κ1) is 17.7. The third-order valence-electron chi connectivity index (χ3n) is 7.59. The first-order valence-corrected chi connectivity index (χ1v) is 10.4. The zero-order chi connectivity index (χ0) is 20.6. The molecule has 3 N–H and O–H groups in total. The predicted molar refractivity (Wildman–Crippen MR) is 107 cm³/mol. The van der Waals surface area contributed by atoms with Crippen LogP contribution in [0.1, 0.15) is 34.7 Å². The van der Waals surface area contributed by atoms with Crippen LogP contribution in [0.3, 0.4) is 0 Å². The summed E-state index contributed by atoms with van der Waals surface area (Å²) < 4.78 is 5.59. The van der Waals surface area contributed by atoms with Gasteiger partial charge in [0.2, 0.25) is 5.88 Å². The number of benzene rings is 1. The molecule has 2 heterocycles. The summed E-state index contributed by atoms with van der Waals surface area (Å²) in [4.78, 5) is 34.2. The van der Waals surface area contributed by atoms with Crippen LogP contribution in [0.25, 0.3) is 0 Å². The summed E-state index contributed by atoms with van der Waals surface area (Å²) in [5, 5.41) is 9.43. The monoisotopic (exact) mass is 406 g/mol. The maximum Gasteiger partial charge on any atom is 0.307 e. The molecule has 3 saturated carbocycles. The van der Waals surface area contributed by atoms with E-state index in [4.69, 9.17) is 10.5 Å². The van der Waals surface area contributed by atoms with Crippen molar-refractivity contribution in [3.63, 3.8) is 0 Å². The number of anilines is 2. The Morgan fingerprint density at radius 2 is 1.97 bits per heavy atom. The van der Waals surface area contributed by atoms with Gasteiger partial charge in [-0.3, -0.25) is 9.59 Å². The number of nitrogens with two attached hydrogens (primary N) is 1. The number of amides is 1. The summed E-state index contributed by atoms with van der Waals surface area (Å²) in [5.74, 6) is 1.53. The molecule has 0 saturated heterocycles. The van der Waals surface area contributed by atoms with Crippen LogP contribution in [0.2, 0.25) is 0 Å². The molecule has 3 unspecified atom stereocenters. The summed E-state index contributed by atoms with van der Waals surface area (Å²) in [6.07, 6.45) is 3.52. The van der Waals surface area contributed by atoms with Crippen LogP contribution >= 0.6 is 0 Å². The Balaban J connectivity index is 1.25. The molecule has 8 heteroatoms. The molecule has 1 aromatic carbocycles. The average molecular weight is 406 g/mol. The van der Waals surface area contributed by atoms with E-state index in [0.29, 0.717) is 42.7 Å². The normalized spacial score (nSPS) is 33.5. The molecule has 2 bridgehead atoms. The Morgan fingerprint density at radius 1 is 1.17 bits per heavy atom. The highest BCUT2D eigenvalue weighted by molar-refractivity contribution is 6.10. The van der Waals surface area contributed by atoms with Crippen molar-refractivity contribution in [1.82, 2.24) is 9.97 Å². The van der Waals surface area contributed by atoms with E-state index >= 15 is 0 Å². The van der Waals surface area contributed by atoms with E-state index in [9.17, 15) is 14.7 Å². The third kappa shape index (κ3) is 2.39. The number of aromatic nitrogens is 2. The second kappa shape index (κ2) is 6.17. The van der Waals surface area contributed by atoms with Crippen LogP contribution in [-0.4, -0.2) is 40.1 Å². The van der Waals surface area contributed by atoms with Gasteiger partial charge in [-0.1, -0.05) is 12.1 Å². The van der Waals surface area contributed by atoms with E-state index < -0.39 is 5.97 Å². The van der Waals surface area contributed by atoms with Crippen LogP contribution in [0, 0.1) is 29.6 Å². The number of hydrogen-bond donors (Lipinski definition) is 2. The van der Waals surface area contributed by atoms with E-state index in [1.54, 1.807) is 4.90 Å². The number of carbonyl (C=O) groups excluding carboxylic acids is 1. The van der Waals surface area contributed by atoms with Crippen LogP contribution in [0.5, 0.6) is 5.88 Å². The van der Waals surface area contributed by atoms with Crippen molar-refractivity contribution in [2.24, 2.45) is 29.6 Å². The fourth-order valence-electron chi connectivity index (χ4n) is 6.39. The zero-order valence-corrected chi connectivity index (χ0v) is 16.3. The van der Waals surface area contributed by atoms with E-state index in [0.717, 1.165) is 18.5 Å². The summed E-state index contributed by atoms with van der Waals surface area (Å²) in [5.41, 5.74) is 8.13. The first-order valence-electron chi connectivity index (χ1n) is 10.4. The second-order valence-corrected chi connectivity index (χ2v) is 8.86. The molecule has 6 atom stereocenters. The van der Waals surface area contributed by atoms with Crippen LogP contribution in [0.4, 0.5) is 11.5 Å². The number of aliphatic carboxylic acids is 1. The van der Waals surface area contributed by atoms with Crippen molar-refractivity contribution < 1.29 is 19.4 Å². The highest BCUT2D eigenvalue weighted by atomic mass is 16.5. The summed E-state index contributed by atoms with van der Waals surface area (Å²) >= 11 is 0. The SMILES string of the molecule is Nc1ncnc2c1C(=O)N(c1ccc([C@H]3C[C@H]4C[C@@H]3C3C(C(=O)O)C34)cc1)CCO2. The van der Waals surface area contributed by atoms with Gasteiger partial charge >= 0.3 is 5.97 Å². The minimum atomic E-state index is -0.624. The fourth-order valence-corrected chi connectivity index (χ4v) is 6.39. The Hall–Kier alpha value is -3.16. The quantitative estimate of drug-likeness (QED) is 0.802. The molecule has 4 aliphatic rings. The number of carboxylic acids is 1. The molecule has 0 spiro atoms. The van der Waals surface area contributed by atoms with Gasteiger partial charge in [-0.15, -0.1) is 0 Å². The molecule has 1 amide bonds. The number of hydrogen-bond acceptors (Lipinski definition) is 6. The van der Waals surface area contributed by atoms with Crippen molar-refractivity contribution in [3.8, 4) is 5.88 Å². The Morgan fingerprint density at radius 3 is 2.73 bits per heavy atom. The number of nitrogens with zero attached hydrogens (tertiary/aromatic N) is 3. The number of nitrogen functional groups attached to an aromatic ring is 1. The summed E-state index contributed by atoms with van der Waals surface area (Å²) in [7, 11) is 0. The maximum atomic E-state index is 13.1. The van der Waals surface area contributed by atoms with Gasteiger partial charge in [-0.2, -0.15) is 0 Å². The zero-order valence-electron chi connectivity index (χ0n) is 16.3. The van der Waals surface area contributed by atoms with Gasteiger partial charge in [-0.05, 0) is 60.1 Å². The lowest BCUT2D eigenvalue weighted by Gasteiger charge is -2.24. The highest BCUT2D eigenvalue weighted by Crippen LogP contribution is 2.72. The lowest BCUT2D eigenvalue weighted by molar-refractivity contribution is -0.139. The van der Waals surface area contributed by atoms with Gasteiger partial charge in [0.25, 0.3) is 5.91 Å². The summed E-state index contributed by atoms with van der Waals surface area (Å²) in [6.45, 7) is 0.717. The topological polar surface area (TPSA) is 119 Å². The molecule has 30 heavy (non-hydrogen) atoms. The number of carboxylic acid groups (broad SMARTS) is 1. The van der Waals surface area contributed by atoms with Crippen LogP contribution < -0.4 is 15.4 Å². The van der Waals surface area contributed by atoms with Crippen molar-refractivity contribution in [3.05, 3.63) is 41.7 Å². The van der Waals surface area contributed by atoms with Gasteiger partial charge in [-0.25, -0.2) is 9.97 Å². The van der Waals surface area contributed by atoms with Gasteiger partial charge < -0.3 is 20.5 Å². The number of ether oxygens (including phenoxy) is 1. The minimum absolute atomic E-state index is 0.113. The Kier molecular flexibility index (Phi) is 3.63. The van der Waals surface area contributed by atoms with Crippen molar-refractivity contribution in [2.75, 3.05) is 23.8 Å². The standard InChI is InChI=1S/C22H22N4O4/c23-19-18-20(25-9-24-19)30-6-5-26(21(18)27)12-3-1-10(2-4-12)13-7-11-8-14(13)16-15(11)17(16)22(28)29/h1-4,9,11,13-17H,5-8H2,(H,28,29)(H2,23,24,25)/t11-,13+,14-,15?,16?,17?/m0/s1. The van der Waals surface area contributed by atoms with E-state index in [2.05, 4.69) is 22.1 Å². The molecule has 1 aliphatic heterocycles. The van der Waals surface area contributed by atoms with Crippen LogP contribution in [0.15, 0.2) is 30.6 Å². The molecule has 3 fully saturated rings. The largest absolute Gasteiger partial charge is 0.481 e. The molecule has 3 aliphatic carbocycles. The summed E-state index contributed by atoms with van der Waals surface area (Å²) in [6, 6.07) is 8.09. The molecule has 2 aromatic rings. The second-order valence-electron chi connectivity index (χ2n) is 8.86. The van der Waals surface area contributed by atoms with Crippen molar-refractivity contribution >= 4 is 23.4 Å². The predicted octanol–water partition coefficient (Wildman–Crippen LogP) is 2.17. The molecule has 6 rings (SSSR count). The van der Waals surface area contributed by atoms with E-state index in [1.165, 1.54) is 11.9 Å². The Bertz CT molecular complexity index is 1060. The Labute approximate surface area is 173 Å². The van der Waals surface area contributed by atoms with Gasteiger partial charge in [0, 0.05) is 5.69 Å². The highest BCUT2D eigenvalue weighted by Gasteiger charge is 2.70. The molecular formula is C22H22N4O4. The molecule has 154 valence electrons. The van der Waals surface area contributed by atoms with Gasteiger partial charge in [0.05, 0.1) is 12.5 Å². The van der Waals surface area contributed by atoms with Crippen molar-refractivity contribution in [1.29, 1.82) is 0 Å². The fraction of sp³-hybridized carbons (Fsp3) is 0.455. The average Bonchev–Trinajstić information content (AvgIpc) is 3.29. The lowest BCUT2D eigenvalue weighted by Crippen LogP contribution is -2.32. The van der Waals surface area contributed by atoms with Gasteiger partial charge in [0.1, 0.15) is 24.3 Å². The minimum Gasteiger partial charge on any atom is -0.481 e. The number of fused-ring (bicyclic) bond motifs is 6. The smallest absolute Gasteiger partial charge is 0.307 e. The van der Waals surface area contributed by atoms with E-state index in [-0.39, 0.29) is 29.1 Å². The number of rotatable bonds is 3. The third-order valence-corrected chi connectivity index (χ3v) is 7.59. The maximum absolute atomic E-state index is 13.1. The van der Waals surface area contributed by atoms with Crippen LogP contribution in [-0.2, 0) is 4.79 Å². The van der Waals surface area contributed by atoms with E-state index in [1.807, 2.05) is 12.1 Å².